The zero-order valence-electron chi connectivity index (χ0n) is 8.28. The molecule has 74 valence electrons. The summed E-state index contributed by atoms with van der Waals surface area (Å²) in [5.74, 6) is 0.823. The van der Waals surface area contributed by atoms with Crippen LogP contribution < -0.4 is 10.1 Å². The molecule has 0 saturated carbocycles. The van der Waals surface area contributed by atoms with Gasteiger partial charge >= 0.3 is 0 Å². The first kappa shape index (κ1) is 9.06. The molecule has 3 nitrogen and oxygen atoms in total. The van der Waals surface area contributed by atoms with E-state index in [9.17, 15) is 4.79 Å². The van der Waals surface area contributed by atoms with Gasteiger partial charge in [-0.1, -0.05) is 18.2 Å². The molecule has 1 aromatic carbocycles. The molecule has 0 radical (unpaired) electrons. The van der Waals surface area contributed by atoms with Crippen molar-refractivity contribution in [3.63, 3.8) is 0 Å². The molecule has 1 heterocycles. The molecule has 1 N–H and O–H groups in total. The summed E-state index contributed by atoms with van der Waals surface area (Å²) in [5, 5.41) is 2.72. The molecule has 0 aromatic heterocycles. The number of nitrogens with one attached hydrogen (secondary N) is 1. The van der Waals surface area contributed by atoms with Crippen LogP contribution in [-0.4, -0.2) is 12.1 Å². The third-order valence-electron chi connectivity index (χ3n) is 2.50. The number of rotatable bonds is 2. The highest BCUT2D eigenvalue weighted by Crippen LogP contribution is 2.31. The minimum absolute atomic E-state index is 0.0402. The number of β-lactam (4-membered cyclic amide) rings is 1. The average Bonchev–Trinajstić information content (AvgIpc) is 2.19. The van der Waals surface area contributed by atoms with E-state index in [1.54, 1.807) is 0 Å². The standard InChI is InChI=1S/C11H13NO2/c1-11(2)9(13)12-10(11)14-8-6-4-3-5-7-8/h3-7,10H,1-2H3,(H,12,13). The summed E-state index contributed by atoms with van der Waals surface area (Å²) in [4.78, 5) is 11.2. The van der Waals surface area contributed by atoms with Crippen molar-refractivity contribution in [1.29, 1.82) is 0 Å². The molecule has 14 heavy (non-hydrogen) atoms. The molecule has 1 aliphatic rings. The Morgan fingerprint density at radius 2 is 1.93 bits per heavy atom. The van der Waals surface area contributed by atoms with E-state index in [1.807, 2.05) is 44.2 Å². The highest BCUT2D eigenvalue weighted by molar-refractivity contribution is 5.88. The number of carbonyl (C=O) groups excluding carboxylic acids is 1. The highest BCUT2D eigenvalue weighted by atomic mass is 16.5. The first-order chi connectivity index (χ1) is 6.60. The van der Waals surface area contributed by atoms with Crippen molar-refractivity contribution in [3.05, 3.63) is 30.3 Å². The van der Waals surface area contributed by atoms with Crippen LogP contribution in [0.3, 0.4) is 0 Å². The summed E-state index contributed by atoms with van der Waals surface area (Å²) in [6.45, 7) is 3.75. The lowest BCUT2D eigenvalue weighted by molar-refractivity contribution is -0.155. The molecular weight excluding hydrogens is 178 g/mol. The number of hydrogen-bond acceptors (Lipinski definition) is 2. The van der Waals surface area contributed by atoms with E-state index in [0.717, 1.165) is 5.75 Å². The highest BCUT2D eigenvalue weighted by Gasteiger charge is 2.49. The van der Waals surface area contributed by atoms with Crippen molar-refractivity contribution in [3.8, 4) is 5.75 Å². The molecule has 1 fully saturated rings. The molecule has 0 spiro atoms. The summed E-state index contributed by atoms with van der Waals surface area (Å²) >= 11 is 0. The minimum atomic E-state index is -0.421. The lowest BCUT2D eigenvalue weighted by Crippen LogP contribution is -2.66. The predicted molar refractivity (Wildman–Crippen MR) is 52.8 cm³/mol. The number of hydrogen-bond donors (Lipinski definition) is 1. The largest absolute Gasteiger partial charge is 0.470 e. The Morgan fingerprint density at radius 1 is 1.29 bits per heavy atom. The van der Waals surface area contributed by atoms with Gasteiger partial charge in [0.1, 0.15) is 5.75 Å². The summed E-state index contributed by atoms with van der Waals surface area (Å²) in [5.41, 5.74) is -0.421. The Kier molecular flexibility index (Phi) is 1.95. The van der Waals surface area contributed by atoms with Crippen LogP contribution in [0.5, 0.6) is 5.75 Å². The molecule has 1 aromatic rings. The van der Waals surface area contributed by atoms with Gasteiger partial charge in [-0.25, -0.2) is 0 Å². The Labute approximate surface area is 83.1 Å². The summed E-state index contributed by atoms with van der Waals surface area (Å²) in [6.07, 6.45) is -0.211. The summed E-state index contributed by atoms with van der Waals surface area (Å²) in [7, 11) is 0. The van der Waals surface area contributed by atoms with Gasteiger partial charge in [0.15, 0.2) is 6.23 Å². The normalized spacial score (nSPS) is 23.6. The molecule has 1 saturated heterocycles. The van der Waals surface area contributed by atoms with Crippen LogP contribution in [0.1, 0.15) is 13.8 Å². The maximum atomic E-state index is 11.2. The van der Waals surface area contributed by atoms with Crippen molar-refractivity contribution in [2.24, 2.45) is 5.41 Å². The lowest BCUT2D eigenvalue weighted by atomic mass is 9.83. The van der Waals surface area contributed by atoms with Crippen LogP contribution in [-0.2, 0) is 4.79 Å². The molecule has 2 rings (SSSR count). The van der Waals surface area contributed by atoms with E-state index in [1.165, 1.54) is 0 Å². The molecule has 3 heteroatoms. The molecule has 1 unspecified atom stereocenters. The van der Waals surface area contributed by atoms with Gasteiger partial charge in [-0.3, -0.25) is 4.79 Å². The zero-order valence-corrected chi connectivity index (χ0v) is 8.28. The van der Waals surface area contributed by atoms with E-state index in [2.05, 4.69) is 5.32 Å². The van der Waals surface area contributed by atoms with Gasteiger partial charge in [0.25, 0.3) is 0 Å². The van der Waals surface area contributed by atoms with Crippen molar-refractivity contribution in [2.75, 3.05) is 0 Å². The SMILES string of the molecule is CC1(C)C(=O)NC1Oc1ccccc1. The van der Waals surface area contributed by atoms with E-state index in [4.69, 9.17) is 4.74 Å². The third-order valence-corrected chi connectivity index (χ3v) is 2.50. The van der Waals surface area contributed by atoms with Gasteiger partial charge in [-0.05, 0) is 26.0 Å². The van der Waals surface area contributed by atoms with Crippen LogP contribution in [0.2, 0.25) is 0 Å². The van der Waals surface area contributed by atoms with Crippen LogP contribution in [0, 0.1) is 5.41 Å². The Balaban J connectivity index is 2.04. The van der Waals surface area contributed by atoms with E-state index in [-0.39, 0.29) is 12.1 Å². The molecule has 0 bridgehead atoms. The zero-order chi connectivity index (χ0) is 10.2. The lowest BCUT2D eigenvalue weighted by Gasteiger charge is -2.42. The fourth-order valence-electron chi connectivity index (χ4n) is 1.34. The summed E-state index contributed by atoms with van der Waals surface area (Å²) < 4.78 is 5.60. The number of carbonyl (C=O) groups is 1. The molecule has 1 aliphatic heterocycles. The van der Waals surface area contributed by atoms with Crippen molar-refractivity contribution >= 4 is 5.91 Å². The van der Waals surface area contributed by atoms with Gasteiger partial charge in [0, 0.05) is 0 Å². The third kappa shape index (κ3) is 1.35. The number of para-hydroxylation sites is 1. The predicted octanol–water partition coefficient (Wildman–Crippen LogP) is 1.55. The Hall–Kier alpha value is -1.51. The van der Waals surface area contributed by atoms with E-state index in [0.29, 0.717) is 0 Å². The van der Waals surface area contributed by atoms with Crippen molar-refractivity contribution < 1.29 is 9.53 Å². The molecule has 0 aliphatic carbocycles. The fourth-order valence-corrected chi connectivity index (χ4v) is 1.34. The molecule has 1 atom stereocenters. The van der Waals surface area contributed by atoms with Crippen molar-refractivity contribution in [1.82, 2.24) is 5.32 Å². The van der Waals surface area contributed by atoms with Crippen LogP contribution >= 0.6 is 0 Å². The second-order valence-electron chi connectivity index (χ2n) is 4.01. The first-order valence-electron chi connectivity index (χ1n) is 4.63. The average molecular weight is 191 g/mol. The maximum Gasteiger partial charge on any atom is 0.234 e. The van der Waals surface area contributed by atoms with Gasteiger partial charge < -0.3 is 10.1 Å². The van der Waals surface area contributed by atoms with E-state index < -0.39 is 5.41 Å². The number of benzene rings is 1. The van der Waals surface area contributed by atoms with Gasteiger partial charge in [0.05, 0.1) is 5.41 Å². The topological polar surface area (TPSA) is 38.3 Å². The second kappa shape index (κ2) is 3.01. The van der Waals surface area contributed by atoms with Crippen molar-refractivity contribution in [2.45, 2.75) is 20.1 Å². The summed E-state index contributed by atoms with van der Waals surface area (Å²) in [6, 6.07) is 9.49. The molecular formula is C11H13NO2. The van der Waals surface area contributed by atoms with E-state index >= 15 is 0 Å². The van der Waals surface area contributed by atoms with Gasteiger partial charge in [-0.2, -0.15) is 0 Å². The molecule has 1 amide bonds. The monoisotopic (exact) mass is 191 g/mol. The van der Waals surface area contributed by atoms with Gasteiger partial charge in [-0.15, -0.1) is 0 Å². The second-order valence-corrected chi connectivity index (χ2v) is 4.01. The minimum Gasteiger partial charge on any atom is -0.470 e. The fraction of sp³-hybridized carbons (Fsp3) is 0.364. The van der Waals surface area contributed by atoms with Gasteiger partial charge in [0.2, 0.25) is 5.91 Å². The Bertz CT molecular complexity index is 346. The van der Waals surface area contributed by atoms with Crippen LogP contribution in [0.4, 0.5) is 0 Å². The maximum absolute atomic E-state index is 11.2. The number of amides is 1. The number of ether oxygens (including phenoxy) is 1. The quantitative estimate of drug-likeness (QED) is 0.720. The van der Waals surface area contributed by atoms with Crippen LogP contribution in [0.15, 0.2) is 30.3 Å². The van der Waals surface area contributed by atoms with Crippen LogP contribution in [0.25, 0.3) is 0 Å². The smallest absolute Gasteiger partial charge is 0.234 e. The Morgan fingerprint density at radius 3 is 2.43 bits per heavy atom. The first-order valence-corrected chi connectivity index (χ1v) is 4.63.